The SMILES string of the molecule is CCCCCCCCc1ccc(S(=O)(=O)O)c(S(=O)(=O)O)c1CCCCCCCC. The maximum absolute atomic E-state index is 12.1. The Balaban J connectivity index is 3.10. The van der Waals surface area contributed by atoms with Gasteiger partial charge in [-0.1, -0.05) is 84.1 Å². The van der Waals surface area contributed by atoms with E-state index in [1.54, 1.807) is 6.07 Å². The van der Waals surface area contributed by atoms with E-state index in [9.17, 15) is 25.9 Å². The molecule has 0 unspecified atom stereocenters. The normalized spacial score (nSPS) is 12.4. The maximum Gasteiger partial charge on any atom is 0.296 e. The second kappa shape index (κ2) is 13.5. The zero-order chi connectivity index (χ0) is 22.6. The zero-order valence-electron chi connectivity index (χ0n) is 18.4. The Morgan fingerprint density at radius 2 is 1.10 bits per heavy atom. The molecule has 0 aliphatic rings. The van der Waals surface area contributed by atoms with Gasteiger partial charge in [-0.2, -0.15) is 16.8 Å². The van der Waals surface area contributed by atoms with Gasteiger partial charge in [-0.25, -0.2) is 0 Å². The van der Waals surface area contributed by atoms with Crippen molar-refractivity contribution < 1.29 is 25.9 Å². The van der Waals surface area contributed by atoms with Gasteiger partial charge >= 0.3 is 0 Å². The fourth-order valence-corrected chi connectivity index (χ4v) is 5.92. The quantitative estimate of drug-likeness (QED) is 0.231. The van der Waals surface area contributed by atoms with Crippen LogP contribution in [-0.4, -0.2) is 25.9 Å². The highest BCUT2D eigenvalue weighted by atomic mass is 32.2. The second-order valence-corrected chi connectivity index (χ2v) is 10.8. The summed E-state index contributed by atoms with van der Waals surface area (Å²) in [6.07, 6.45) is 13.5. The average Bonchev–Trinajstić information content (AvgIpc) is 2.65. The summed E-state index contributed by atoms with van der Waals surface area (Å²) in [4.78, 5) is -1.39. The minimum absolute atomic E-state index is 0.330. The highest BCUT2D eigenvalue weighted by Gasteiger charge is 2.28. The van der Waals surface area contributed by atoms with E-state index in [2.05, 4.69) is 13.8 Å². The number of hydrogen-bond donors (Lipinski definition) is 2. The summed E-state index contributed by atoms with van der Waals surface area (Å²) in [5, 5.41) is 0. The number of benzene rings is 1. The van der Waals surface area contributed by atoms with Crippen LogP contribution in [0.2, 0.25) is 0 Å². The van der Waals surface area contributed by atoms with Crippen molar-refractivity contribution in [1.82, 2.24) is 0 Å². The lowest BCUT2D eigenvalue weighted by atomic mass is 9.96. The second-order valence-electron chi connectivity index (χ2n) is 8.02. The van der Waals surface area contributed by atoms with E-state index in [0.717, 1.165) is 69.4 Å². The lowest BCUT2D eigenvalue weighted by molar-refractivity contribution is 0.464. The molecule has 0 heterocycles. The predicted octanol–water partition coefficient (Wildman–Crippen LogP) is 5.99. The van der Waals surface area contributed by atoms with Gasteiger partial charge < -0.3 is 0 Å². The topological polar surface area (TPSA) is 109 Å². The molecule has 1 aromatic carbocycles. The van der Waals surface area contributed by atoms with Crippen LogP contribution in [0.15, 0.2) is 21.9 Å². The van der Waals surface area contributed by atoms with Crippen molar-refractivity contribution >= 4 is 20.2 Å². The minimum Gasteiger partial charge on any atom is -0.282 e. The molecule has 0 aliphatic carbocycles. The van der Waals surface area contributed by atoms with Crippen LogP contribution in [0, 0.1) is 0 Å². The fourth-order valence-electron chi connectivity index (χ4n) is 3.82. The molecule has 0 fully saturated rings. The minimum atomic E-state index is -4.80. The Morgan fingerprint density at radius 1 is 0.633 bits per heavy atom. The molecule has 0 saturated carbocycles. The van der Waals surface area contributed by atoms with Crippen molar-refractivity contribution in [2.75, 3.05) is 0 Å². The molecule has 0 radical (unpaired) electrons. The third-order valence-corrected chi connectivity index (χ3v) is 7.44. The lowest BCUT2D eigenvalue weighted by Gasteiger charge is -2.16. The molecule has 0 atom stereocenters. The van der Waals surface area contributed by atoms with Crippen molar-refractivity contribution in [3.63, 3.8) is 0 Å². The van der Waals surface area contributed by atoms with E-state index in [4.69, 9.17) is 0 Å². The summed E-state index contributed by atoms with van der Waals surface area (Å²) in [6, 6.07) is 2.67. The third kappa shape index (κ3) is 9.45. The zero-order valence-corrected chi connectivity index (χ0v) is 20.0. The van der Waals surface area contributed by atoms with Gasteiger partial charge in [0, 0.05) is 0 Å². The third-order valence-electron chi connectivity index (χ3n) is 5.44. The van der Waals surface area contributed by atoms with E-state index >= 15 is 0 Å². The van der Waals surface area contributed by atoms with Crippen LogP contribution in [0.5, 0.6) is 0 Å². The number of aryl methyl sites for hydroxylation is 1. The van der Waals surface area contributed by atoms with Gasteiger partial charge in [-0.15, -0.1) is 0 Å². The highest BCUT2D eigenvalue weighted by Crippen LogP contribution is 2.30. The number of unbranched alkanes of at least 4 members (excludes halogenated alkanes) is 10. The largest absolute Gasteiger partial charge is 0.296 e. The van der Waals surface area contributed by atoms with E-state index in [0.29, 0.717) is 24.8 Å². The van der Waals surface area contributed by atoms with Crippen LogP contribution < -0.4 is 0 Å². The van der Waals surface area contributed by atoms with E-state index in [-0.39, 0.29) is 0 Å². The molecule has 2 N–H and O–H groups in total. The van der Waals surface area contributed by atoms with Gasteiger partial charge in [-0.3, -0.25) is 9.11 Å². The van der Waals surface area contributed by atoms with E-state index in [1.165, 1.54) is 12.8 Å². The lowest BCUT2D eigenvalue weighted by Crippen LogP contribution is -2.14. The van der Waals surface area contributed by atoms with Crippen molar-refractivity contribution in [2.24, 2.45) is 0 Å². The van der Waals surface area contributed by atoms with E-state index < -0.39 is 30.0 Å². The summed E-state index contributed by atoms with van der Waals surface area (Å²) in [7, 11) is -9.58. The summed E-state index contributed by atoms with van der Waals surface area (Å²) >= 11 is 0. The van der Waals surface area contributed by atoms with Gasteiger partial charge in [0.2, 0.25) is 0 Å². The fraction of sp³-hybridized carbons (Fsp3) is 0.727. The van der Waals surface area contributed by atoms with Crippen molar-refractivity contribution in [2.45, 2.75) is 114 Å². The van der Waals surface area contributed by atoms with Gasteiger partial charge in [0.15, 0.2) is 0 Å². The molecule has 0 amide bonds. The highest BCUT2D eigenvalue weighted by molar-refractivity contribution is 7.89. The molecule has 1 aromatic rings. The Kier molecular flexibility index (Phi) is 12.1. The average molecular weight is 463 g/mol. The Labute approximate surface area is 183 Å². The molecule has 0 bridgehead atoms. The van der Waals surface area contributed by atoms with Gasteiger partial charge in [0.1, 0.15) is 9.79 Å². The van der Waals surface area contributed by atoms with Crippen LogP contribution in [0.3, 0.4) is 0 Å². The van der Waals surface area contributed by atoms with Crippen LogP contribution >= 0.6 is 0 Å². The first-order chi connectivity index (χ1) is 14.1. The summed E-state index contributed by atoms with van der Waals surface area (Å²) in [6.45, 7) is 4.29. The van der Waals surface area contributed by atoms with Crippen LogP contribution in [-0.2, 0) is 33.1 Å². The monoisotopic (exact) mass is 462 g/mol. The Hall–Kier alpha value is -0.960. The van der Waals surface area contributed by atoms with Crippen LogP contribution in [0.25, 0.3) is 0 Å². The van der Waals surface area contributed by atoms with E-state index in [1.807, 2.05) is 0 Å². The standard InChI is InChI=1S/C22H38O6S2/c1-3-5-7-9-11-13-15-19-17-18-21(29(23,24)25)22(30(26,27)28)20(19)16-14-12-10-8-6-4-2/h17-18H,3-16H2,1-2H3,(H,23,24,25)(H,26,27,28). The number of rotatable bonds is 16. The molecule has 0 aromatic heterocycles. The number of hydrogen-bond acceptors (Lipinski definition) is 4. The Bertz CT molecular complexity index is 845. The Morgan fingerprint density at radius 3 is 1.57 bits per heavy atom. The molecule has 1 rings (SSSR count). The molecule has 0 spiro atoms. The van der Waals surface area contributed by atoms with Gasteiger partial charge in [0.05, 0.1) is 0 Å². The van der Waals surface area contributed by atoms with Gasteiger partial charge in [0.25, 0.3) is 20.2 Å². The van der Waals surface area contributed by atoms with Crippen molar-refractivity contribution in [1.29, 1.82) is 0 Å². The molecule has 0 saturated heterocycles. The molecular weight excluding hydrogens is 424 g/mol. The molecule has 174 valence electrons. The predicted molar refractivity (Wildman–Crippen MR) is 120 cm³/mol. The van der Waals surface area contributed by atoms with Crippen LogP contribution in [0.1, 0.15) is 102 Å². The van der Waals surface area contributed by atoms with Gasteiger partial charge in [-0.05, 0) is 42.9 Å². The summed E-state index contributed by atoms with van der Waals surface area (Å²) < 4.78 is 66.9. The molecular formula is C22H38O6S2. The van der Waals surface area contributed by atoms with Crippen molar-refractivity contribution in [3.8, 4) is 0 Å². The first kappa shape index (κ1) is 27.1. The first-order valence-corrected chi connectivity index (χ1v) is 14.1. The summed E-state index contributed by atoms with van der Waals surface area (Å²) in [5.74, 6) is 0. The molecule has 6 nitrogen and oxygen atoms in total. The maximum atomic E-state index is 12.1. The smallest absolute Gasteiger partial charge is 0.282 e. The molecule has 0 aliphatic heterocycles. The van der Waals surface area contributed by atoms with Crippen LogP contribution in [0.4, 0.5) is 0 Å². The summed E-state index contributed by atoms with van der Waals surface area (Å²) in [5.41, 5.74) is 1.07. The molecule has 8 heteroatoms. The molecule has 30 heavy (non-hydrogen) atoms. The first-order valence-electron chi connectivity index (χ1n) is 11.2. The van der Waals surface area contributed by atoms with Crippen molar-refractivity contribution in [3.05, 3.63) is 23.3 Å².